The number of fused-ring (bicyclic) bond motifs is 1. The predicted octanol–water partition coefficient (Wildman–Crippen LogP) is 4.19. The fraction of sp³-hybridized carbons (Fsp3) is 0.435. The second-order valence-corrected chi connectivity index (χ2v) is 7.92. The van der Waals surface area contributed by atoms with E-state index in [4.69, 9.17) is 4.74 Å². The highest BCUT2D eigenvalue weighted by Crippen LogP contribution is 2.19. The Morgan fingerprint density at radius 3 is 2.62 bits per heavy atom. The molecule has 1 aliphatic carbocycles. The molecule has 1 saturated carbocycles. The van der Waals surface area contributed by atoms with Crippen molar-refractivity contribution in [1.29, 1.82) is 0 Å². The Morgan fingerprint density at radius 2 is 1.86 bits per heavy atom. The second-order valence-electron chi connectivity index (χ2n) is 7.92. The number of carbonyl (C=O) groups excluding carboxylic acids is 1. The molecule has 152 valence electrons. The van der Waals surface area contributed by atoms with Gasteiger partial charge >= 0.3 is 0 Å². The molecule has 1 aliphatic rings. The number of hydrogen-bond acceptors (Lipinski definition) is 4. The van der Waals surface area contributed by atoms with Crippen LogP contribution in [0.4, 0.5) is 0 Å². The van der Waals surface area contributed by atoms with E-state index in [1.54, 1.807) is 0 Å². The second kappa shape index (κ2) is 8.64. The zero-order valence-corrected chi connectivity index (χ0v) is 17.1. The van der Waals surface area contributed by atoms with Crippen LogP contribution in [-0.4, -0.2) is 33.5 Å². The van der Waals surface area contributed by atoms with Crippen LogP contribution in [0.2, 0.25) is 0 Å². The van der Waals surface area contributed by atoms with Crippen molar-refractivity contribution in [2.45, 2.75) is 58.5 Å². The van der Waals surface area contributed by atoms with Crippen molar-refractivity contribution >= 4 is 16.9 Å². The lowest BCUT2D eigenvalue weighted by molar-refractivity contribution is 0.0938. The standard InChI is InChI=1S/C23H28N4O2/c1-16-14-21-22(15-17(16)2)27(26-25-21)12-5-13-29-20-10-8-18(9-11-20)23(28)24-19-6-3-4-7-19/h8-11,14-15,19H,3-7,12-13H2,1-2H3,(H,24,28). The summed E-state index contributed by atoms with van der Waals surface area (Å²) in [5.74, 6) is 0.782. The van der Waals surface area contributed by atoms with E-state index in [1.165, 1.54) is 24.0 Å². The Hall–Kier alpha value is -2.89. The highest BCUT2D eigenvalue weighted by Gasteiger charge is 2.17. The first-order valence-electron chi connectivity index (χ1n) is 10.4. The number of nitrogens with zero attached hydrogens (tertiary/aromatic N) is 3. The van der Waals surface area contributed by atoms with Crippen LogP contribution >= 0.6 is 0 Å². The molecule has 0 radical (unpaired) electrons. The van der Waals surface area contributed by atoms with Crippen LogP contribution in [0, 0.1) is 13.8 Å². The van der Waals surface area contributed by atoms with Crippen molar-refractivity contribution in [2.75, 3.05) is 6.61 Å². The van der Waals surface area contributed by atoms with Crippen molar-refractivity contribution < 1.29 is 9.53 Å². The van der Waals surface area contributed by atoms with E-state index in [1.807, 2.05) is 28.9 Å². The van der Waals surface area contributed by atoms with Crippen LogP contribution in [-0.2, 0) is 6.54 Å². The van der Waals surface area contributed by atoms with E-state index >= 15 is 0 Å². The molecule has 0 bridgehead atoms. The SMILES string of the molecule is Cc1cc2nnn(CCCOc3ccc(C(=O)NC4CCCC4)cc3)c2cc1C. The zero-order valence-electron chi connectivity index (χ0n) is 17.1. The molecule has 1 aromatic heterocycles. The van der Waals surface area contributed by atoms with Crippen molar-refractivity contribution in [3.63, 3.8) is 0 Å². The van der Waals surface area contributed by atoms with Crippen LogP contribution < -0.4 is 10.1 Å². The van der Waals surface area contributed by atoms with Gasteiger partial charge in [0.1, 0.15) is 11.3 Å². The molecule has 0 saturated heterocycles. The molecule has 1 heterocycles. The molecule has 6 nitrogen and oxygen atoms in total. The molecule has 0 spiro atoms. The number of ether oxygens (including phenoxy) is 1. The molecular formula is C23H28N4O2. The Balaban J connectivity index is 1.26. The van der Waals surface area contributed by atoms with E-state index in [2.05, 4.69) is 41.6 Å². The van der Waals surface area contributed by atoms with Gasteiger partial charge < -0.3 is 10.1 Å². The van der Waals surface area contributed by atoms with Crippen molar-refractivity contribution in [2.24, 2.45) is 0 Å². The van der Waals surface area contributed by atoms with Gasteiger partial charge in [-0.25, -0.2) is 4.68 Å². The first kappa shape index (κ1) is 19.4. The summed E-state index contributed by atoms with van der Waals surface area (Å²) in [5.41, 5.74) is 5.15. The van der Waals surface area contributed by atoms with Crippen LogP contribution in [0.15, 0.2) is 36.4 Å². The maximum absolute atomic E-state index is 12.3. The third kappa shape index (κ3) is 4.58. The number of carbonyl (C=O) groups is 1. The highest BCUT2D eigenvalue weighted by molar-refractivity contribution is 5.94. The molecule has 0 aliphatic heterocycles. The summed E-state index contributed by atoms with van der Waals surface area (Å²) in [6.07, 6.45) is 5.43. The minimum absolute atomic E-state index is 0.00652. The summed E-state index contributed by atoms with van der Waals surface area (Å²) in [7, 11) is 0. The topological polar surface area (TPSA) is 69.0 Å². The smallest absolute Gasteiger partial charge is 0.251 e. The lowest BCUT2D eigenvalue weighted by Gasteiger charge is -2.12. The molecule has 29 heavy (non-hydrogen) atoms. The Morgan fingerprint density at radius 1 is 1.14 bits per heavy atom. The summed E-state index contributed by atoms with van der Waals surface area (Å²) in [4.78, 5) is 12.3. The number of benzene rings is 2. The lowest BCUT2D eigenvalue weighted by Crippen LogP contribution is -2.32. The van der Waals surface area contributed by atoms with E-state index in [9.17, 15) is 4.79 Å². The lowest BCUT2D eigenvalue weighted by atomic mass is 10.1. The monoisotopic (exact) mass is 392 g/mol. The fourth-order valence-electron chi connectivity index (χ4n) is 3.83. The Labute approximate surface area is 171 Å². The van der Waals surface area contributed by atoms with Gasteiger partial charge in [-0.1, -0.05) is 18.1 Å². The Kier molecular flexibility index (Phi) is 5.79. The van der Waals surface area contributed by atoms with E-state index < -0.39 is 0 Å². The van der Waals surface area contributed by atoms with Crippen LogP contribution in [0.5, 0.6) is 5.75 Å². The molecule has 4 rings (SSSR count). The number of hydrogen-bond donors (Lipinski definition) is 1. The van der Waals surface area contributed by atoms with Gasteiger partial charge in [-0.15, -0.1) is 5.10 Å². The summed E-state index contributed by atoms with van der Waals surface area (Å²) in [5, 5.41) is 11.6. The third-order valence-electron chi connectivity index (χ3n) is 5.72. The minimum Gasteiger partial charge on any atom is -0.494 e. The molecule has 1 amide bonds. The fourth-order valence-corrected chi connectivity index (χ4v) is 3.83. The molecule has 2 aromatic carbocycles. The Bertz CT molecular complexity index is 988. The van der Waals surface area contributed by atoms with Gasteiger partial charge in [0.2, 0.25) is 0 Å². The van der Waals surface area contributed by atoms with E-state index in [0.29, 0.717) is 18.2 Å². The van der Waals surface area contributed by atoms with Gasteiger partial charge in [-0.3, -0.25) is 4.79 Å². The van der Waals surface area contributed by atoms with E-state index in [-0.39, 0.29) is 5.91 Å². The molecule has 0 atom stereocenters. The van der Waals surface area contributed by atoms with Crippen LogP contribution in [0.3, 0.4) is 0 Å². The van der Waals surface area contributed by atoms with Crippen LogP contribution in [0.25, 0.3) is 11.0 Å². The molecule has 0 unspecified atom stereocenters. The van der Waals surface area contributed by atoms with Gasteiger partial charge in [0.05, 0.1) is 12.1 Å². The van der Waals surface area contributed by atoms with Gasteiger partial charge in [0.25, 0.3) is 5.91 Å². The summed E-state index contributed by atoms with van der Waals surface area (Å²) >= 11 is 0. The first-order chi connectivity index (χ1) is 14.1. The molecule has 6 heteroatoms. The summed E-state index contributed by atoms with van der Waals surface area (Å²) < 4.78 is 7.77. The van der Waals surface area contributed by atoms with Crippen molar-refractivity contribution in [1.82, 2.24) is 20.3 Å². The van der Waals surface area contributed by atoms with Gasteiger partial charge in [-0.2, -0.15) is 0 Å². The molecule has 1 N–H and O–H groups in total. The molecule has 1 fully saturated rings. The van der Waals surface area contributed by atoms with E-state index in [0.717, 1.165) is 42.6 Å². The van der Waals surface area contributed by atoms with Crippen LogP contribution in [0.1, 0.15) is 53.6 Å². The largest absolute Gasteiger partial charge is 0.494 e. The molecular weight excluding hydrogens is 364 g/mol. The number of aryl methyl sites for hydroxylation is 3. The number of amides is 1. The summed E-state index contributed by atoms with van der Waals surface area (Å²) in [6, 6.07) is 11.9. The van der Waals surface area contributed by atoms with Gasteiger partial charge in [0.15, 0.2) is 0 Å². The number of aromatic nitrogens is 3. The quantitative estimate of drug-likeness (QED) is 0.612. The third-order valence-corrected chi connectivity index (χ3v) is 5.72. The molecule has 3 aromatic rings. The number of nitrogens with one attached hydrogen (secondary N) is 1. The van der Waals surface area contributed by atoms with Crippen molar-refractivity contribution in [3.8, 4) is 5.75 Å². The zero-order chi connectivity index (χ0) is 20.2. The number of rotatable bonds is 7. The maximum Gasteiger partial charge on any atom is 0.251 e. The van der Waals surface area contributed by atoms with Gasteiger partial charge in [0, 0.05) is 24.6 Å². The summed E-state index contributed by atoms with van der Waals surface area (Å²) in [6.45, 7) is 5.53. The average molecular weight is 393 g/mol. The highest BCUT2D eigenvalue weighted by atomic mass is 16.5. The average Bonchev–Trinajstić information content (AvgIpc) is 3.36. The minimum atomic E-state index is 0.00652. The predicted molar refractivity (Wildman–Crippen MR) is 113 cm³/mol. The normalized spacial score (nSPS) is 14.4. The first-order valence-corrected chi connectivity index (χ1v) is 10.4. The van der Waals surface area contributed by atoms with Gasteiger partial charge in [-0.05, 0) is 74.2 Å². The van der Waals surface area contributed by atoms with Crippen molar-refractivity contribution in [3.05, 3.63) is 53.1 Å². The maximum atomic E-state index is 12.3.